The van der Waals surface area contributed by atoms with Crippen LogP contribution < -0.4 is 10.6 Å². The fourth-order valence-corrected chi connectivity index (χ4v) is 1.89. The molecule has 7 heteroatoms. The number of nitrogens with one attached hydrogen (secondary N) is 3. The first-order valence-electron chi connectivity index (χ1n) is 5.13. The second-order valence-electron chi connectivity index (χ2n) is 3.50. The summed E-state index contributed by atoms with van der Waals surface area (Å²) in [6.07, 6.45) is 3.30. The summed E-state index contributed by atoms with van der Waals surface area (Å²) < 4.78 is 0. The summed E-state index contributed by atoms with van der Waals surface area (Å²) >= 11 is 11.6. The normalized spacial score (nSPS) is 10.1. The third-order valence-corrected chi connectivity index (χ3v) is 2.53. The fourth-order valence-electron chi connectivity index (χ4n) is 1.36. The Balaban J connectivity index is 1.90. The largest absolute Gasteiger partial charge is 0.347 e. The van der Waals surface area contributed by atoms with E-state index in [0.29, 0.717) is 28.1 Å². The summed E-state index contributed by atoms with van der Waals surface area (Å²) in [6, 6.07) is 4.46. The molecular formula is C11H10Cl2N4O. The Bertz CT molecular complexity index is 522. The lowest BCUT2D eigenvalue weighted by Crippen LogP contribution is -2.28. The van der Waals surface area contributed by atoms with Gasteiger partial charge in [-0.15, -0.1) is 0 Å². The minimum absolute atomic E-state index is 0.313. The molecule has 0 saturated heterocycles. The maximum Gasteiger partial charge on any atom is 0.319 e. The highest BCUT2D eigenvalue weighted by Crippen LogP contribution is 2.22. The summed E-state index contributed by atoms with van der Waals surface area (Å²) in [7, 11) is 0. The Morgan fingerprint density at radius 3 is 2.61 bits per heavy atom. The van der Waals surface area contributed by atoms with E-state index in [1.165, 1.54) is 0 Å². The maximum atomic E-state index is 11.6. The molecule has 3 N–H and O–H groups in total. The van der Waals surface area contributed by atoms with Gasteiger partial charge in [0.15, 0.2) is 0 Å². The number of imidazole rings is 1. The number of rotatable bonds is 3. The van der Waals surface area contributed by atoms with Gasteiger partial charge in [-0.25, -0.2) is 9.78 Å². The molecule has 0 aliphatic rings. The quantitative estimate of drug-likeness (QED) is 0.811. The van der Waals surface area contributed by atoms with Crippen molar-refractivity contribution in [1.82, 2.24) is 15.3 Å². The van der Waals surface area contributed by atoms with Gasteiger partial charge in [-0.2, -0.15) is 0 Å². The minimum atomic E-state index is -0.357. The molecule has 94 valence electrons. The molecule has 0 bridgehead atoms. The van der Waals surface area contributed by atoms with Crippen LogP contribution in [0.3, 0.4) is 0 Å². The van der Waals surface area contributed by atoms with Crippen LogP contribution in [0, 0.1) is 0 Å². The number of carbonyl (C=O) groups excluding carboxylic acids is 1. The lowest BCUT2D eigenvalue weighted by atomic mass is 10.3. The standard InChI is InChI=1S/C11H10Cl2N4O/c12-7-3-8(13)5-9(4-7)17-11(18)16-6-10-14-1-2-15-10/h1-5H,6H2,(H,14,15)(H2,16,17,18). The zero-order valence-corrected chi connectivity index (χ0v) is 10.7. The molecule has 2 rings (SSSR count). The molecule has 2 amide bonds. The molecule has 0 atom stereocenters. The van der Waals surface area contributed by atoms with Gasteiger partial charge in [-0.05, 0) is 18.2 Å². The molecule has 1 aromatic heterocycles. The van der Waals surface area contributed by atoms with E-state index in [9.17, 15) is 4.79 Å². The van der Waals surface area contributed by atoms with E-state index in [1.807, 2.05) is 0 Å². The molecule has 0 spiro atoms. The van der Waals surface area contributed by atoms with Crippen molar-refractivity contribution < 1.29 is 4.79 Å². The van der Waals surface area contributed by atoms with Crippen LogP contribution in [0.15, 0.2) is 30.6 Å². The Morgan fingerprint density at radius 2 is 2.00 bits per heavy atom. The first kappa shape index (κ1) is 12.7. The van der Waals surface area contributed by atoms with Gasteiger partial charge in [0.1, 0.15) is 5.82 Å². The third-order valence-electron chi connectivity index (χ3n) is 2.09. The molecule has 0 radical (unpaired) electrons. The number of aromatic nitrogens is 2. The number of H-pyrrole nitrogens is 1. The number of anilines is 1. The van der Waals surface area contributed by atoms with E-state index in [4.69, 9.17) is 23.2 Å². The zero-order valence-electron chi connectivity index (χ0n) is 9.21. The topological polar surface area (TPSA) is 69.8 Å². The highest BCUT2D eigenvalue weighted by Gasteiger charge is 2.04. The van der Waals surface area contributed by atoms with Crippen molar-refractivity contribution in [3.8, 4) is 0 Å². The smallest absolute Gasteiger partial charge is 0.319 e. The number of amides is 2. The van der Waals surface area contributed by atoms with Gasteiger partial charge in [0.25, 0.3) is 0 Å². The van der Waals surface area contributed by atoms with Crippen molar-refractivity contribution in [2.45, 2.75) is 6.54 Å². The molecular weight excluding hydrogens is 275 g/mol. The Labute approximate surface area is 114 Å². The Morgan fingerprint density at radius 1 is 1.28 bits per heavy atom. The molecule has 1 heterocycles. The summed E-state index contributed by atoms with van der Waals surface area (Å²) in [4.78, 5) is 18.4. The van der Waals surface area contributed by atoms with Crippen LogP contribution in [0.1, 0.15) is 5.82 Å². The Hall–Kier alpha value is -1.72. The van der Waals surface area contributed by atoms with E-state index in [-0.39, 0.29) is 6.03 Å². The highest BCUT2D eigenvalue weighted by atomic mass is 35.5. The number of hydrogen-bond acceptors (Lipinski definition) is 2. The van der Waals surface area contributed by atoms with Gasteiger partial charge < -0.3 is 15.6 Å². The van der Waals surface area contributed by atoms with Crippen molar-refractivity contribution >= 4 is 34.9 Å². The average Bonchev–Trinajstić information content (AvgIpc) is 2.77. The van der Waals surface area contributed by atoms with Gasteiger partial charge >= 0.3 is 6.03 Å². The summed E-state index contributed by atoms with van der Waals surface area (Å²) in [5.41, 5.74) is 0.532. The first-order chi connectivity index (χ1) is 8.63. The predicted octanol–water partition coefficient (Wildman–Crippen LogP) is 3.04. The van der Waals surface area contributed by atoms with E-state index < -0.39 is 0 Å². The Kier molecular flexibility index (Phi) is 4.07. The van der Waals surface area contributed by atoms with Crippen molar-refractivity contribution in [3.63, 3.8) is 0 Å². The second kappa shape index (κ2) is 5.75. The molecule has 1 aromatic carbocycles. The van der Waals surface area contributed by atoms with Crippen LogP contribution in [-0.4, -0.2) is 16.0 Å². The maximum absolute atomic E-state index is 11.6. The monoisotopic (exact) mass is 284 g/mol. The summed E-state index contributed by atoms with van der Waals surface area (Å²) in [5, 5.41) is 6.19. The molecule has 0 saturated carbocycles. The van der Waals surface area contributed by atoms with Crippen molar-refractivity contribution in [2.75, 3.05) is 5.32 Å². The van der Waals surface area contributed by atoms with Gasteiger partial charge in [0.2, 0.25) is 0 Å². The fraction of sp³-hybridized carbons (Fsp3) is 0.0909. The molecule has 0 unspecified atom stereocenters. The van der Waals surface area contributed by atoms with E-state index in [0.717, 1.165) is 0 Å². The number of aromatic amines is 1. The average molecular weight is 285 g/mol. The van der Waals surface area contributed by atoms with Gasteiger partial charge in [0.05, 0.1) is 6.54 Å². The number of nitrogens with zero attached hydrogens (tertiary/aromatic N) is 1. The predicted molar refractivity (Wildman–Crippen MR) is 70.9 cm³/mol. The molecule has 2 aromatic rings. The van der Waals surface area contributed by atoms with E-state index in [2.05, 4.69) is 20.6 Å². The van der Waals surface area contributed by atoms with Crippen LogP contribution in [0.5, 0.6) is 0 Å². The zero-order chi connectivity index (χ0) is 13.0. The van der Waals surface area contributed by atoms with Crippen molar-refractivity contribution in [3.05, 3.63) is 46.5 Å². The number of hydrogen-bond donors (Lipinski definition) is 3. The number of halogens is 2. The van der Waals surface area contributed by atoms with Crippen LogP contribution in [-0.2, 0) is 6.54 Å². The van der Waals surface area contributed by atoms with E-state index >= 15 is 0 Å². The lowest BCUT2D eigenvalue weighted by molar-refractivity contribution is 0.251. The van der Waals surface area contributed by atoms with Crippen LogP contribution in [0.2, 0.25) is 10.0 Å². The van der Waals surface area contributed by atoms with Gasteiger partial charge in [0, 0.05) is 28.1 Å². The van der Waals surface area contributed by atoms with Gasteiger partial charge in [-0.3, -0.25) is 0 Å². The molecule has 5 nitrogen and oxygen atoms in total. The summed E-state index contributed by atoms with van der Waals surface area (Å²) in [5.74, 6) is 0.675. The van der Waals surface area contributed by atoms with Crippen molar-refractivity contribution in [1.29, 1.82) is 0 Å². The second-order valence-corrected chi connectivity index (χ2v) is 4.37. The minimum Gasteiger partial charge on any atom is -0.347 e. The van der Waals surface area contributed by atoms with Crippen molar-refractivity contribution in [2.24, 2.45) is 0 Å². The lowest BCUT2D eigenvalue weighted by Gasteiger charge is -2.07. The van der Waals surface area contributed by atoms with Crippen LogP contribution >= 0.6 is 23.2 Å². The third kappa shape index (κ3) is 3.65. The molecule has 0 aliphatic heterocycles. The molecule has 0 aliphatic carbocycles. The van der Waals surface area contributed by atoms with Crippen LogP contribution in [0.25, 0.3) is 0 Å². The SMILES string of the molecule is O=C(NCc1ncc[nH]1)Nc1cc(Cl)cc(Cl)c1. The highest BCUT2D eigenvalue weighted by molar-refractivity contribution is 6.35. The molecule has 0 fully saturated rings. The van der Waals surface area contributed by atoms with E-state index in [1.54, 1.807) is 30.6 Å². The number of benzene rings is 1. The number of urea groups is 1. The molecule has 18 heavy (non-hydrogen) atoms. The van der Waals surface area contributed by atoms with Gasteiger partial charge in [-0.1, -0.05) is 23.2 Å². The van der Waals surface area contributed by atoms with Crippen LogP contribution in [0.4, 0.5) is 10.5 Å². The first-order valence-corrected chi connectivity index (χ1v) is 5.88. The number of carbonyl (C=O) groups is 1. The summed E-state index contributed by atoms with van der Waals surface area (Å²) in [6.45, 7) is 0.313.